The van der Waals surface area contributed by atoms with Gasteiger partial charge in [0.25, 0.3) is 0 Å². The molecule has 0 saturated carbocycles. The van der Waals surface area contributed by atoms with Gasteiger partial charge in [0.15, 0.2) is 15.0 Å². The number of aromatic amines is 1. The highest BCUT2D eigenvalue weighted by atomic mass is 32.2. The lowest BCUT2D eigenvalue weighted by Gasteiger charge is -2.08. The largest absolute Gasteiger partial charge is 0.326 e. The van der Waals surface area contributed by atoms with E-state index < -0.39 is 9.84 Å². The standard InChI is InChI=1S/C18H23N5O3S2/c1-22-16(11-13-7-10-28(25,26)12-13)20-21-18(22)27-9-4-8-23-15-6-3-2-5-14(15)19-17(23)24/h2-3,5-6,13H,4,7-12H2,1H3,(H,19,24). The Bertz CT molecular complexity index is 1150. The van der Waals surface area contributed by atoms with Crippen LogP contribution >= 0.6 is 11.8 Å². The van der Waals surface area contributed by atoms with E-state index in [1.54, 1.807) is 16.3 Å². The third-order valence-electron chi connectivity index (χ3n) is 5.16. The number of hydrogen-bond acceptors (Lipinski definition) is 6. The van der Waals surface area contributed by atoms with Crippen LogP contribution in [0.5, 0.6) is 0 Å². The molecule has 1 aliphatic heterocycles. The highest BCUT2D eigenvalue weighted by Crippen LogP contribution is 2.24. The van der Waals surface area contributed by atoms with Gasteiger partial charge in [-0.1, -0.05) is 23.9 Å². The van der Waals surface area contributed by atoms with E-state index in [0.717, 1.165) is 34.2 Å². The molecule has 8 nitrogen and oxygen atoms in total. The number of sulfone groups is 1. The van der Waals surface area contributed by atoms with E-state index in [9.17, 15) is 13.2 Å². The molecular formula is C18H23N5O3S2. The van der Waals surface area contributed by atoms with Crippen molar-refractivity contribution < 1.29 is 8.42 Å². The van der Waals surface area contributed by atoms with Crippen LogP contribution in [0.3, 0.4) is 0 Å². The first kappa shape index (κ1) is 19.3. The summed E-state index contributed by atoms with van der Waals surface area (Å²) >= 11 is 1.60. The summed E-state index contributed by atoms with van der Waals surface area (Å²) in [6.07, 6.45) is 2.18. The van der Waals surface area contributed by atoms with Crippen LogP contribution in [0.1, 0.15) is 18.7 Å². The van der Waals surface area contributed by atoms with Crippen molar-refractivity contribution in [1.82, 2.24) is 24.3 Å². The topological polar surface area (TPSA) is 103 Å². The summed E-state index contributed by atoms with van der Waals surface area (Å²) < 4.78 is 27.0. The molecule has 4 rings (SSSR count). The Morgan fingerprint density at radius 3 is 2.89 bits per heavy atom. The highest BCUT2D eigenvalue weighted by Gasteiger charge is 2.29. The fourth-order valence-corrected chi connectivity index (χ4v) is 6.37. The molecule has 0 spiro atoms. The van der Waals surface area contributed by atoms with Gasteiger partial charge in [-0.3, -0.25) is 4.57 Å². The summed E-state index contributed by atoms with van der Waals surface area (Å²) in [6.45, 7) is 0.639. The first-order valence-corrected chi connectivity index (χ1v) is 12.1. The molecule has 28 heavy (non-hydrogen) atoms. The number of nitrogens with one attached hydrogen (secondary N) is 1. The molecule has 1 fully saturated rings. The summed E-state index contributed by atoms with van der Waals surface area (Å²) in [4.78, 5) is 15.0. The predicted molar refractivity (Wildman–Crippen MR) is 109 cm³/mol. The van der Waals surface area contributed by atoms with Crippen molar-refractivity contribution in [2.45, 2.75) is 31.0 Å². The Morgan fingerprint density at radius 1 is 1.29 bits per heavy atom. The number of nitrogens with zero attached hydrogens (tertiary/aromatic N) is 4. The van der Waals surface area contributed by atoms with E-state index in [4.69, 9.17) is 0 Å². The van der Waals surface area contributed by atoms with E-state index in [1.165, 1.54) is 0 Å². The number of thioether (sulfide) groups is 1. The lowest BCUT2D eigenvalue weighted by atomic mass is 10.1. The minimum atomic E-state index is -2.87. The van der Waals surface area contributed by atoms with Crippen LogP contribution in [-0.2, 0) is 29.9 Å². The van der Waals surface area contributed by atoms with Crippen LogP contribution in [0, 0.1) is 5.92 Å². The second-order valence-electron chi connectivity index (χ2n) is 7.23. The van der Waals surface area contributed by atoms with Crippen molar-refractivity contribution in [2.24, 2.45) is 13.0 Å². The third kappa shape index (κ3) is 4.02. The Morgan fingerprint density at radius 2 is 2.11 bits per heavy atom. The minimum Gasteiger partial charge on any atom is -0.309 e. The lowest BCUT2D eigenvalue weighted by Crippen LogP contribution is -2.17. The van der Waals surface area contributed by atoms with Crippen molar-refractivity contribution in [3.05, 3.63) is 40.6 Å². The van der Waals surface area contributed by atoms with Gasteiger partial charge in [0, 0.05) is 25.8 Å². The molecule has 1 N–H and O–H groups in total. The van der Waals surface area contributed by atoms with Crippen molar-refractivity contribution in [1.29, 1.82) is 0 Å². The maximum atomic E-state index is 12.1. The monoisotopic (exact) mass is 421 g/mol. The third-order valence-corrected chi connectivity index (χ3v) is 8.11. The van der Waals surface area contributed by atoms with E-state index in [-0.39, 0.29) is 23.1 Å². The van der Waals surface area contributed by atoms with Gasteiger partial charge >= 0.3 is 5.69 Å². The molecule has 1 atom stereocenters. The van der Waals surface area contributed by atoms with Crippen molar-refractivity contribution >= 4 is 32.6 Å². The fraction of sp³-hybridized carbons (Fsp3) is 0.500. The van der Waals surface area contributed by atoms with Gasteiger partial charge in [-0.15, -0.1) is 10.2 Å². The number of imidazole rings is 1. The zero-order valence-electron chi connectivity index (χ0n) is 15.7. The predicted octanol–water partition coefficient (Wildman–Crippen LogP) is 1.62. The van der Waals surface area contributed by atoms with Crippen molar-refractivity contribution in [3.63, 3.8) is 0 Å². The summed E-state index contributed by atoms with van der Waals surface area (Å²) in [5, 5.41) is 9.32. The second-order valence-corrected chi connectivity index (χ2v) is 10.5. The van der Waals surface area contributed by atoms with Gasteiger partial charge in [-0.25, -0.2) is 13.2 Å². The molecule has 0 aliphatic carbocycles. The zero-order valence-corrected chi connectivity index (χ0v) is 17.3. The van der Waals surface area contributed by atoms with Crippen LogP contribution in [0.25, 0.3) is 11.0 Å². The average Bonchev–Trinajstić information content (AvgIpc) is 3.28. The number of aromatic nitrogens is 5. The number of rotatable bonds is 7. The molecule has 3 heterocycles. The number of aryl methyl sites for hydroxylation is 1. The van der Waals surface area contributed by atoms with E-state index >= 15 is 0 Å². The minimum absolute atomic E-state index is 0.0846. The van der Waals surface area contributed by atoms with Crippen LogP contribution in [0.2, 0.25) is 0 Å². The SMILES string of the molecule is Cn1c(CC2CCS(=O)(=O)C2)nnc1SCCCn1c(=O)[nH]c2ccccc21. The summed E-state index contributed by atoms with van der Waals surface area (Å²) in [5.74, 6) is 2.32. The number of benzene rings is 1. The highest BCUT2D eigenvalue weighted by molar-refractivity contribution is 7.99. The maximum Gasteiger partial charge on any atom is 0.326 e. The maximum absolute atomic E-state index is 12.1. The molecule has 3 aromatic rings. The molecular weight excluding hydrogens is 398 g/mol. The quantitative estimate of drug-likeness (QED) is 0.459. The Labute approximate surface area is 167 Å². The molecule has 1 aromatic carbocycles. The van der Waals surface area contributed by atoms with E-state index in [1.807, 2.05) is 35.9 Å². The average molecular weight is 422 g/mol. The van der Waals surface area contributed by atoms with Crippen LogP contribution in [0.4, 0.5) is 0 Å². The lowest BCUT2D eigenvalue weighted by molar-refractivity contribution is 0.552. The fourth-order valence-electron chi connectivity index (χ4n) is 3.65. The smallest absolute Gasteiger partial charge is 0.309 e. The van der Waals surface area contributed by atoms with Gasteiger partial charge in [-0.05, 0) is 30.9 Å². The number of para-hydroxylation sites is 2. The molecule has 1 saturated heterocycles. The molecule has 1 aliphatic rings. The molecule has 2 aromatic heterocycles. The van der Waals surface area contributed by atoms with Gasteiger partial charge in [-0.2, -0.15) is 0 Å². The number of hydrogen-bond donors (Lipinski definition) is 1. The summed E-state index contributed by atoms with van der Waals surface area (Å²) in [6, 6.07) is 7.68. The van der Waals surface area contributed by atoms with E-state index in [2.05, 4.69) is 15.2 Å². The Kier molecular flexibility index (Phi) is 5.33. The molecule has 0 amide bonds. The van der Waals surface area contributed by atoms with Crippen LogP contribution < -0.4 is 5.69 Å². The van der Waals surface area contributed by atoms with Gasteiger partial charge < -0.3 is 9.55 Å². The molecule has 0 bridgehead atoms. The van der Waals surface area contributed by atoms with Crippen molar-refractivity contribution in [3.8, 4) is 0 Å². The molecule has 10 heteroatoms. The van der Waals surface area contributed by atoms with E-state index in [0.29, 0.717) is 19.4 Å². The summed E-state index contributed by atoms with van der Waals surface area (Å²) in [7, 11) is -0.951. The van der Waals surface area contributed by atoms with Gasteiger partial charge in [0.1, 0.15) is 5.82 Å². The van der Waals surface area contributed by atoms with Gasteiger partial charge in [0.05, 0.1) is 22.5 Å². The van der Waals surface area contributed by atoms with Crippen LogP contribution in [0.15, 0.2) is 34.2 Å². The molecule has 1 unspecified atom stereocenters. The summed E-state index contributed by atoms with van der Waals surface area (Å²) in [5.41, 5.74) is 1.69. The molecule has 0 radical (unpaired) electrons. The Balaban J connectivity index is 1.32. The first-order chi connectivity index (χ1) is 13.4. The normalized spacial score (nSPS) is 18.8. The number of fused-ring (bicyclic) bond motifs is 1. The first-order valence-electron chi connectivity index (χ1n) is 9.32. The zero-order chi connectivity index (χ0) is 19.7. The van der Waals surface area contributed by atoms with Crippen molar-refractivity contribution in [2.75, 3.05) is 17.3 Å². The second kappa shape index (κ2) is 7.75. The number of H-pyrrole nitrogens is 1. The Hall–Kier alpha value is -2.07. The van der Waals surface area contributed by atoms with Gasteiger partial charge in [0.2, 0.25) is 0 Å². The van der Waals surface area contributed by atoms with Crippen LogP contribution in [-0.4, -0.2) is 50.0 Å². The molecule has 150 valence electrons.